The average molecular weight is 692 g/mol. The number of aliphatic hydroxyl groups excluding tert-OH is 1. The number of thioether (sulfide) groups is 1. The van der Waals surface area contributed by atoms with E-state index in [1.54, 1.807) is 11.8 Å². The smallest absolute Gasteiger partial charge is 0.326 e. The fraction of sp³-hybridized carbons (Fsp3) is 0.714. The molecular formula is C42H61NO5S. The summed E-state index contributed by atoms with van der Waals surface area (Å²) >= 11 is 1.62. The van der Waals surface area contributed by atoms with Crippen LogP contribution in [0.15, 0.2) is 42.5 Å². The second-order valence-corrected chi connectivity index (χ2v) is 19.0. The van der Waals surface area contributed by atoms with E-state index in [4.69, 9.17) is 0 Å². The van der Waals surface area contributed by atoms with E-state index in [9.17, 15) is 24.9 Å². The van der Waals surface area contributed by atoms with Crippen LogP contribution in [0.1, 0.15) is 123 Å². The van der Waals surface area contributed by atoms with Crippen molar-refractivity contribution in [3.63, 3.8) is 0 Å². The van der Waals surface area contributed by atoms with E-state index >= 15 is 0 Å². The van der Waals surface area contributed by atoms with Crippen LogP contribution in [0.25, 0.3) is 5.57 Å². The lowest BCUT2D eigenvalue weighted by Gasteiger charge is -2.72. The molecule has 0 heterocycles. The first kappa shape index (κ1) is 36.7. The zero-order valence-electron chi connectivity index (χ0n) is 31.0. The van der Waals surface area contributed by atoms with Crippen LogP contribution in [0, 0.1) is 56.7 Å². The van der Waals surface area contributed by atoms with Crippen molar-refractivity contribution in [3.05, 3.63) is 53.6 Å². The fourth-order valence-corrected chi connectivity index (χ4v) is 13.7. The SMILES string of the molecule is C=C(C)C1CCC2(C(=O)NC(CCSC)C(=O)O)CCC3(C)C(CCC4C5(C)CC=C(c6ccc(C(O)O)cc6)C(C)(C)C5CCC43C)C12. The molecule has 0 spiro atoms. The lowest BCUT2D eigenvalue weighted by Crippen LogP contribution is -2.66. The molecule has 4 saturated carbocycles. The zero-order valence-corrected chi connectivity index (χ0v) is 31.8. The standard InChI is InChI=1S/C42H61NO5S/c1-25(2)28-15-21-42(37(48)43-31(36(46)47)18-24-49-8)23-22-40(6)30(34(28)42)13-14-33-39(5)19-16-29(26-9-11-27(12-10-26)35(44)45)38(3,4)32(39)17-20-41(33,40)7/h9-12,16,28,30-35,44-45H,1,13-15,17-24H2,2-8H3,(H,43,48)(H,46,47). The Balaban J connectivity index is 1.33. The highest BCUT2D eigenvalue weighted by atomic mass is 32.2. The molecule has 0 radical (unpaired) electrons. The topological polar surface area (TPSA) is 107 Å². The number of carbonyl (C=O) groups excluding carboxylic acids is 1. The number of fused-ring (bicyclic) bond motifs is 7. The molecule has 4 N–H and O–H groups in total. The van der Waals surface area contributed by atoms with Gasteiger partial charge in [-0.2, -0.15) is 11.8 Å². The number of allylic oxidation sites excluding steroid dienone is 3. The van der Waals surface area contributed by atoms with Crippen molar-refractivity contribution in [1.82, 2.24) is 5.32 Å². The number of hydrogen-bond acceptors (Lipinski definition) is 5. The maximum Gasteiger partial charge on any atom is 0.326 e. The number of hydrogen-bond donors (Lipinski definition) is 4. The normalized spacial score (nSPS) is 39.9. The van der Waals surface area contributed by atoms with Crippen LogP contribution in [0.3, 0.4) is 0 Å². The van der Waals surface area contributed by atoms with Gasteiger partial charge in [-0.25, -0.2) is 4.79 Å². The summed E-state index contributed by atoms with van der Waals surface area (Å²) in [5.74, 6) is 1.72. The number of carbonyl (C=O) groups is 2. The van der Waals surface area contributed by atoms with Gasteiger partial charge in [0.1, 0.15) is 6.04 Å². The van der Waals surface area contributed by atoms with Gasteiger partial charge in [0.15, 0.2) is 6.29 Å². The first-order valence-electron chi connectivity index (χ1n) is 18.8. The molecule has 6 rings (SSSR count). The van der Waals surface area contributed by atoms with Gasteiger partial charge in [-0.1, -0.05) is 77.1 Å². The van der Waals surface area contributed by atoms with Gasteiger partial charge >= 0.3 is 5.97 Å². The number of aliphatic hydroxyl groups is 2. The molecule has 1 aromatic rings. The molecule has 10 atom stereocenters. The Hall–Kier alpha value is -2.09. The molecule has 10 unspecified atom stereocenters. The van der Waals surface area contributed by atoms with Gasteiger partial charge in [-0.15, -0.1) is 0 Å². The van der Waals surface area contributed by atoms with Gasteiger partial charge in [-0.05, 0) is 146 Å². The summed E-state index contributed by atoms with van der Waals surface area (Å²) < 4.78 is 0. The molecule has 0 saturated heterocycles. The second kappa shape index (κ2) is 12.8. The van der Waals surface area contributed by atoms with Crippen molar-refractivity contribution in [2.24, 2.45) is 56.7 Å². The summed E-state index contributed by atoms with van der Waals surface area (Å²) in [6.07, 6.45) is 12.7. The van der Waals surface area contributed by atoms with Crippen LogP contribution < -0.4 is 5.32 Å². The summed E-state index contributed by atoms with van der Waals surface area (Å²) in [4.78, 5) is 26.7. The molecule has 1 amide bonds. The Morgan fingerprint density at radius 3 is 2.24 bits per heavy atom. The second-order valence-electron chi connectivity index (χ2n) is 18.0. The number of amides is 1. The minimum absolute atomic E-state index is 0.0204. The van der Waals surface area contributed by atoms with Crippen LogP contribution in [-0.2, 0) is 9.59 Å². The fourth-order valence-electron chi connectivity index (χ4n) is 13.3. The van der Waals surface area contributed by atoms with E-state index in [0.717, 1.165) is 44.9 Å². The third-order valence-electron chi connectivity index (χ3n) is 15.8. The summed E-state index contributed by atoms with van der Waals surface area (Å²) in [5, 5.41) is 32.4. The van der Waals surface area contributed by atoms with Gasteiger partial charge < -0.3 is 20.6 Å². The highest BCUT2D eigenvalue weighted by molar-refractivity contribution is 7.98. The zero-order chi connectivity index (χ0) is 35.7. The largest absolute Gasteiger partial charge is 0.480 e. The van der Waals surface area contributed by atoms with Crippen molar-refractivity contribution >= 4 is 29.2 Å². The van der Waals surface area contributed by atoms with E-state index in [2.05, 4.69) is 71.6 Å². The van der Waals surface area contributed by atoms with E-state index in [-0.39, 0.29) is 39.4 Å². The minimum Gasteiger partial charge on any atom is -0.480 e. The summed E-state index contributed by atoms with van der Waals surface area (Å²) in [7, 11) is 0. The molecule has 5 aliphatic carbocycles. The molecule has 5 aliphatic rings. The number of benzene rings is 1. The average Bonchev–Trinajstić information content (AvgIpc) is 3.44. The molecule has 0 aliphatic heterocycles. The molecule has 1 aromatic carbocycles. The molecule has 4 fully saturated rings. The Morgan fingerprint density at radius 1 is 0.939 bits per heavy atom. The summed E-state index contributed by atoms with van der Waals surface area (Å²) in [6.45, 7) is 19.2. The van der Waals surface area contributed by atoms with Crippen molar-refractivity contribution in [2.75, 3.05) is 12.0 Å². The monoisotopic (exact) mass is 691 g/mol. The Labute approximate surface area is 299 Å². The van der Waals surface area contributed by atoms with Gasteiger partial charge in [0.25, 0.3) is 0 Å². The molecule has 0 bridgehead atoms. The number of carboxylic acid groups (broad SMARTS) is 1. The van der Waals surface area contributed by atoms with E-state index in [0.29, 0.717) is 35.5 Å². The number of rotatable bonds is 9. The maximum atomic E-state index is 14.5. The van der Waals surface area contributed by atoms with Crippen LogP contribution in [0.2, 0.25) is 0 Å². The third-order valence-corrected chi connectivity index (χ3v) is 16.5. The Kier molecular flexibility index (Phi) is 9.62. The van der Waals surface area contributed by atoms with Crippen LogP contribution in [0.5, 0.6) is 0 Å². The number of carboxylic acids is 1. The summed E-state index contributed by atoms with van der Waals surface area (Å²) in [6, 6.07) is 6.93. The summed E-state index contributed by atoms with van der Waals surface area (Å²) in [5.41, 5.74) is 4.05. The maximum absolute atomic E-state index is 14.5. The predicted molar refractivity (Wildman–Crippen MR) is 199 cm³/mol. The van der Waals surface area contributed by atoms with E-state index in [1.807, 2.05) is 18.4 Å². The Morgan fingerprint density at radius 2 is 1.63 bits per heavy atom. The number of aliphatic carboxylic acids is 1. The number of nitrogens with one attached hydrogen (secondary N) is 1. The first-order valence-corrected chi connectivity index (χ1v) is 20.2. The van der Waals surface area contributed by atoms with E-state index < -0.39 is 23.7 Å². The molecule has 49 heavy (non-hydrogen) atoms. The highest BCUT2D eigenvalue weighted by Crippen LogP contribution is 2.77. The molecule has 7 heteroatoms. The van der Waals surface area contributed by atoms with Crippen molar-refractivity contribution in [1.29, 1.82) is 0 Å². The quantitative estimate of drug-likeness (QED) is 0.153. The van der Waals surface area contributed by atoms with Gasteiger partial charge in [0, 0.05) is 5.56 Å². The molecular weight excluding hydrogens is 631 g/mol. The molecule has 6 nitrogen and oxygen atoms in total. The van der Waals surface area contributed by atoms with Crippen molar-refractivity contribution in [2.45, 2.75) is 118 Å². The Bertz CT molecular complexity index is 1500. The predicted octanol–water partition coefficient (Wildman–Crippen LogP) is 8.64. The van der Waals surface area contributed by atoms with Gasteiger partial charge in [0.2, 0.25) is 5.91 Å². The third kappa shape index (κ3) is 5.50. The lowest BCUT2D eigenvalue weighted by atomic mass is 9.32. The van der Waals surface area contributed by atoms with E-state index in [1.165, 1.54) is 29.6 Å². The van der Waals surface area contributed by atoms with Crippen LogP contribution in [0.4, 0.5) is 0 Å². The van der Waals surface area contributed by atoms with Crippen molar-refractivity contribution < 1.29 is 24.9 Å². The highest BCUT2D eigenvalue weighted by Gasteiger charge is 2.71. The minimum atomic E-state index is -1.46. The van der Waals surface area contributed by atoms with Gasteiger partial charge in [0.05, 0.1) is 5.41 Å². The lowest BCUT2D eigenvalue weighted by molar-refractivity contribution is -0.225. The first-order chi connectivity index (χ1) is 23.0. The van der Waals surface area contributed by atoms with Crippen LogP contribution >= 0.6 is 11.8 Å². The molecule has 270 valence electrons. The van der Waals surface area contributed by atoms with Crippen molar-refractivity contribution in [3.8, 4) is 0 Å². The van der Waals surface area contributed by atoms with Gasteiger partial charge in [-0.3, -0.25) is 4.79 Å². The molecule has 0 aromatic heterocycles. The van der Waals surface area contributed by atoms with Crippen LogP contribution in [-0.4, -0.2) is 45.2 Å².